The van der Waals surface area contributed by atoms with E-state index in [-0.39, 0.29) is 0 Å². The summed E-state index contributed by atoms with van der Waals surface area (Å²) in [5.74, 6) is 1.08. The maximum atomic E-state index is 10.6. The van der Waals surface area contributed by atoms with Crippen molar-refractivity contribution in [3.63, 3.8) is 0 Å². The summed E-state index contributed by atoms with van der Waals surface area (Å²) in [5.41, 5.74) is 3.35. The monoisotopic (exact) mass is 314 g/mol. The summed E-state index contributed by atoms with van der Waals surface area (Å²) in [5, 5.41) is 8.67. The van der Waals surface area contributed by atoms with Crippen molar-refractivity contribution in [2.24, 2.45) is 17.8 Å². The molecule has 2 atom stereocenters. The summed E-state index contributed by atoms with van der Waals surface area (Å²) in [7, 11) is 0. The largest absolute Gasteiger partial charge is 0.478 e. The van der Waals surface area contributed by atoms with Crippen molar-refractivity contribution >= 4 is 5.97 Å². The molecule has 0 aromatic rings. The molecule has 1 aliphatic carbocycles. The van der Waals surface area contributed by atoms with Gasteiger partial charge in [0.15, 0.2) is 0 Å². The van der Waals surface area contributed by atoms with Gasteiger partial charge in [0.1, 0.15) is 0 Å². The van der Waals surface area contributed by atoms with Crippen molar-refractivity contribution in [1.82, 2.24) is 0 Å². The molecule has 0 radical (unpaired) electrons. The number of aliphatic carboxylic acids is 1. The molecule has 0 spiro atoms. The molecule has 0 aromatic heterocycles. The maximum Gasteiger partial charge on any atom is 0.328 e. The van der Waals surface area contributed by atoms with Crippen LogP contribution in [0.3, 0.4) is 0 Å². The first kappa shape index (κ1) is 19.2. The Balaban J connectivity index is 2.76. The van der Waals surface area contributed by atoms with E-state index in [1.807, 2.05) is 18.2 Å². The first-order valence-corrected chi connectivity index (χ1v) is 8.45. The first-order valence-electron chi connectivity index (χ1n) is 8.45. The van der Waals surface area contributed by atoms with E-state index < -0.39 is 5.97 Å². The molecule has 23 heavy (non-hydrogen) atoms. The third kappa shape index (κ3) is 7.32. The minimum Gasteiger partial charge on any atom is -0.478 e. The number of carbonyl (C=O) groups is 1. The van der Waals surface area contributed by atoms with Crippen LogP contribution in [-0.2, 0) is 4.79 Å². The quantitative estimate of drug-likeness (QED) is 0.504. The lowest BCUT2D eigenvalue weighted by atomic mass is 9.77. The fraction of sp³-hybridized carbons (Fsp3) is 0.476. The van der Waals surface area contributed by atoms with Crippen LogP contribution >= 0.6 is 0 Å². The molecule has 0 heterocycles. The third-order valence-electron chi connectivity index (χ3n) is 4.25. The molecule has 0 unspecified atom stereocenters. The smallest absolute Gasteiger partial charge is 0.328 e. The maximum absolute atomic E-state index is 10.6. The Morgan fingerprint density at radius 1 is 1.22 bits per heavy atom. The van der Waals surface area contributed by atoms with E-state index in [0.717, 1.165) is 11.1 Å². The highest BCUT2D eigenvalue weighted by molar-refractivity contribution is 5.81. The van der Waals surface area contributed by atoms with E-state index in [1.54, 1.807) is 6.92 Å². The number of carboxylic acid groups (broad SMARTS) is 1. The van der Waals surface area contributed by atoms with E-state index in [2.05, 4.69) is 45.9 Å². The van der Waals surface area contributed by atoms with E-state index >= 15 is 0 Å². The number of carboxylic acids is 1. The van der Waals surface area contributed by atoms with Gasteiger partial charge in [-0.05, 0) is 55.6 Å². The van der Waals surface area contributed by atoms with Crippen LogP contribution in [0.15, 0.2) is 59.3 Å². The van der Waals surface area contributed by atoms with Crippen molar-refractivity contribution in [3.05, 3.63) is 59.3 Å². The zero-order chi connectivity index (χ0) is 17.4. The molecule has 0 aliphatic heterocycles. The Kier molecular flexibility index (Phi) is 7.80. The van der Waals surface area contributed by atoms with Gasteiger partial charge in [0.25, 0.3) is 0 Å². The Bertz CT molecular complexity index is 556. The van der Waals surface area contributed by atoms with E-state index in [1.165, 1.54) is 24.5 Å². The van der Waals surface area contributed by atoms with Gasteiger partial charge in [-0.15, -0.1) is 0 Å². The highest BCUT2D eigenvalue weighted by Crippen LogP contribution is 2.34. The molecule has 0 fully saturated rings. The highest BCUT2D eigenvalue weighted by atomic mass is 16.4. The lowest BCUT2D eigenvalue weighted by molar-refractivity contribution is -0.131. The van der Waals surface area contributed by atoms with Crippen molar-refractivity contribution in [2.45, 2.75) is 47.5 Å². The van der Waals surface area contributed by atoms with Crippen LogP contribution in [0.4, 0.5) is 0 Å². The predicted octanol–water partition coefficient (Wildman–Crippen LogP) is 5.70. The third-order valence-corrected chi connectivity index (χ3v) is 4.25. The minimum absolute atomic E-state index is 0.659. The van der Waals surface area contributed by atoms with Gasteiger partial charge in [-0.3, -0.25) is 0 Å². The molecule has 1 aliphatic rings. The molecule has 2 heteroatoms. The van der Waals surface area contributed by atoms with Gasteiger partial charge in [-0.1, -0.05) is 62.8 Å². The van der Waals surface area contributed by atoms with Gasteiger partial charge < -0.3 is 5.11 Å². The SMILES string of the molecule is CC(=C/C=C/C(C)=C/C(=O)O)/C=C/C1=C[C@@H](C)CC[C@@H]1C(C)C. The van der Waals surface area contributed by atoms with Crippen LogP contribution in [-0.4, -0.2) is 11.1 Å². The second-order valence-electron chi connectivity index (χ2n) is 6.90. The van der Waals surface area contributed by atoms with Gasteiger partial charge in [-0.25, -0.2) is 4.79 Å². The second kappa shape index (κ2) is 9.34. The highest BCUT2D eigenvalue weighted by Gasteiger charge is 2.21. The van der Waals surface area contributed by atoms with Crippen LogP contribution in [0.5, 0.6) is 0 Å². The Morgan fingerprint density at radius 2 is 1.91 bits per heavy atom. The Hall–Kier alpha value is -1.83. The molecule has 0 saturated carbocycles. The van der Waals surface area contributed by atoms with Crippen LogP contribution in [0.25, 0.3) is 0 Å². The molecule has 0 bridgehead atoms. The molecule has 126 valence electrons. The van der Waals surface area contributed by atoms with Crippen LogP contribution in [0.2, 0.25) is 0 Å². The van der Waals surface area contributed by atoms with Crippen molar-refractivity contribution in [1.29, 1.82) is 0 Å². The van der Waals surface area contributed by atoms with Crippen LogP contribution in [0, 0.1) is 17.8 Å². The predicted molar refractivity (Wildman–Crippen MR) is 98.2 cm³/mol. The lowest BCUT2D eigenvalue weighted by Gasteiger charge is -2.28. The van der Waals surface area contributed by atoms with Crippen molar-refractivity contribution < 1.29 is 9.90 Å². The first-order chi connectivity index (χ1) is 10.8. The molecular formula is C21H30O2. The summed E-state index contributed by atoms with van der Waals surface area (Å²) in [6, 6.07) is 0. The fourth-order valence-corrected chi connectivity index (χ4v) is 2.92. The average Bonchev–Trinajstić information content (AvgIpc) is 2.44. The van der Waals surface area contributed by atoms with Crippen molar-refractivity contribution in [2.75, 3.05) is 0 Å². The Morgan fingerprint density at radius 3 is 2.52 bits per heavy atom. The topological polar surface area (TPSA) is 37.3 Å². The molecule has 0 amide bonds. The molecule has 1 N–H and O–H groups in total. The molecule has 2 nitrogen and oxygen atoms in total. The fourth-order valence-electron chi connectivity index (χ4n) is 2.92. The van der Waals surface area contributed by atoms with Gasteiger partial charge >= 0.3 is 5.97 Å². The van der Waals surface area contributed by atoms with Crippen LogP contribution < -0.4 is 0 Å². The van der Waals surface area contributed by atoms with Crippen molar-refractivity contribution in [3.8, 4) is 0 Å². The minimum atomic E-state index is -0.911. The normalized spacial score (nSPS) is 23.8. The average molecular weight is 314 g/mol. The van der Waals surface area contributed by atoms with Gasteiger partial charge in [0, 0.05) is 6.08 Å². The standard InChI is InChI=1S/C21H30O2/c1-15(2)20-12-10-18(5)13-19(20)11-9-16(3)7-6-8-17(4)14-21(22)23/h6-9,11,13-15,18,20H,10,12H2,1-5H3,(H,22,23)/b8-6+,11-9+,16-7-,17-14+/t18-,20+/m0/s1. The zero-order valence-corrected chi connectivity index (χ0v) is 15.0. The number of allylic oxidation sites excluding steroid dienone is 9. The summed E-state index contributed by atoms with van der Waals surface area (Å²) in [4.78, 5) is 10.6. The van der Waals surface area contributed by atoms with Crippen LogP contribution in [0.1, 0.15) is 47.5 Å². The molecular weight excluding hydrogens is 284 g/mol. The number of rotatable bonds is 6. The summed E-state index contributed by atoms with van der Waals surface area (Å²) in [6.07, 6.45) is 16.3. The zero-order valence-electron chi connectivity index (χ0n) is 15.0. The molecule has 0 aromatic carbocycles. The second-order valence-corrected chi connectivity index (χ2v) is 6.90. The molecule has 0 saturated heterocycles. The number of hydrogen-bond acceptors (Lipinski definition) is 1. The molecule has 1 rings (SSSR count). The Labute approximate surface area is 141 Å². The van der Waals surface area contributed by atoms with Gasteiger partial charge in [0.2, 0.25) is 0 Å². The van der Waals surface area contributed by atoms with E-state index in [9.17, 15) is 4.79 Å². The summed E-state index contributed by atoms with van der Waals surface area (Å²) in [6.45, 7) is 10.7. The number of hydrogen-bond donors (Lipinski definition) is 1. The summed E-state index contributed by atoms with van der Waals surface area (Å²) < 4.78 is 0. The van der Waals surface area contributed by atoms with Gasteiger partial charge in [0.05, 0.1) is 0 Å². The summed E-state index contributed by atoms with van der Waals surface area (Å²) >= 11 is 0. The van der Waals surface area contributed by atoms with E-state index in [0.29, 0.717) is 17.8 Å². The van der Waals surface area contributed by atoms with E-state index in [4.69, 9.17) is 5.11 Å². The lowest BCUT2D eigenvalue weighted by Crippen LogP contribution is -2.17. The van der Waals surface area contributed by atoms with Gasteiger partial charge in [-0.2, -0.15) is 0 Å².